The summed E-state index contributed by atoms with van der Waals surface area (Å²) in [5.74, 6) is 0.784. The molecule has 0 heterocycles. The molecule has 0 saturated carbocycles. The maximum atomic E-state index is 3.87. The van der Waals surface area contributed by atoms with Crippen molar-refractivity contribution in [2.24, 2.45) is 5.92 Å². The molecule has 0 aromatic rings. The van der Waals surface area contributed by atoms with Gasteiger partial charge in [-0.3, -0.25) is 0 Å². The monoisotopic (exact) mass is 180 g/mol. The van der Waals surface area contributed by atoms with Crippen molar-refractivity contribution < 1.29 is 0 Å². The van der Waals surface area contributed by atoms with Gasteiger partial charge in [0, 0.05) is 0 Å². The molecule has 13 heavy (non-hydrogen) atoms. The van der Waals surface area contributed by atoms with E-state index in [0.29, 0.717) is 0 Å². The second-order valence-corrected chi connectivity index (χ2v) is 3.59. The van der Waals surface area contributed by atoms with Gasteiger partial charge in [0.2, 0.25) is 0 Å². The second-order valence-electron chi connectivity index (χ2n) is 3.59. The highest BCUT2D eigenvalue weighted by atomic mass is 14.0. The molecule has 1 unspecified atom stereocenters. The van der Waals surface area contributed by atoms with Crippen molar-refractivity contribution in [1.29, 1.82) is 0 Å². The van der Waals surface area contributed by atoms with Crippen LogP contribution >= 0.6 is 0 Å². The molecule has 0 nitrogen and oxygen atoms in total. The zero-order valence-electron chi connectivity index (χ0n) is 9.10. The minimum atomic E-state index is 0.784. The summed E-state index contributed by atoms with van der Waals surface area (Å²) in [6.45, 7) is 9.96. The fourth-order valence-electron chi connectivity index (χ4n) is 1.39. The molecule has 0 aromatic heterocycles. The van der Waals surface area contributed by atoms with Crippen LogP contribution in [0.4, 0.5) is 0 Å². The highest BCUT2D eigenvalue weighted by Crippen LogP contribution is 2.14. The largest absolute Gasteiger partial charge is 0.0883 e. The van der Waals surface area contributed by atoms with E-state index in [1.807, 2.05) is 0 Å². The lowest BCUT2D eigenvalue weighted by Crippen LogP contribution is -1.93. The summed E-state index contributed by atoms with van der Waals surface area (Å²) in [7, 11) is 0. The summed E-state index contributed by atoms with van der Waals surface area (Å²) in [6, 6.07) is 0. The van der Waals surface area contributed by atoms with Gasteiger partial charge < -0.3 is 0 Å². The number of unbranched alkanes of at least 4 members (excludes halogenated alkanes) is 3. The first-order valence-electron chi connectivity index (χ1n) is 5.60. The van der Waals surface area contributed by atoms with Gasteiger partial charge in [0.1, 0.15) is 0 Å². The Morgan fingerprint density at radius 2 is 1.85 bits per heavy atom. The van der Waals surface area contributed by atoms with E-state index in [1.165, 1.54) is 32.1 Å². The summed E-state index contributed by atoms with van der Waals surface area (Å²) in [6.07, 6.45) is 13.1. The van der Waals surface area contributed by atoms with E-state index in [0.717, 1.165) is 18.8 Å². The molecule has 0 N–H and O–H groups in total. The maximum Gasteiger partial charge on any atom is -0.0236 e. The summed E-state index contributed by atoms with van der Waals surface area (Å²) < 4.78 is 0. The van der Waals surface area contributed by atoms with Crippen LogP contribution in [0.2, 0.25) is 0 Å². The fraction of sp³-hybridized carbons (Fsp3) is 0.692. The molecule has 1 atom stereocenters. The predicted octanol–water partition coefficient (Wildman–Crippen LogP) is 4.58. The van der Waals surface area contributed by atoms with E-state index in [4.69, 9.17) is 0 Å². The highest BCUT2D eigenvalue weighted by Gasteiger charge is 1.99. The molecule has 0 amide bonds. The Kier molecular flexibility index (Phi) is 9.63. The fourth-order valence-corrected chi connectivity index (χ4v) is 1.39. The first-order valence-corrected chi connectivity index (χ1v) is 5.60. The van der Waals surface area contributed by atoms with Crippen LogP contribution in [0, 0.1) is 19.8 Å². The molecular formula is C13H24. The van der Waals surface area contributed by atoms with E-state index >= 15 is 0 Å². The summed E-state index contributed by atoms with van der Waals surface area (Å²) in [4.78, 5) is 0. The van der Waals surface area contributed by atoms with Gasteiger partial charge in [-0.2, -0.15) is 0 Å². The number of hydrogen-bond acceptors (Lipinski definition) is 0. The van der Waals surface area contributed by atoms with Crippen LogP contribution in [0.3, 0.4) is 0 Å². The lowest BCUT2D eigenvalue weighted by atomic mass is 9.98. The van der Waals surface area contributed by atoms with Gasteiger partial charge in [0.25, 0.3) is 0 Å². The molecule has 0 heteroatoms. The van der Waals surface area contributed by atoms with Crippen molar-refractivity contribution in [3.8, 4) is 0 Å². The van der Waals surface area contributed by atoms with Gasteiger partial charge in [0.05, 0.1) is 0 Å². The number of hydrogen-bond donors (Lipinski definition) is 0. The lowest BCUT2D eigenvalue weighted by molar-refractivity contribution is 0.546. The van der Waals surface area contributed by atoms with Gasteiger partial charge in [-0.05, 0) is 31.6 Å². The molecule has 0 bridgehead atoms. The predicted molar refractivity (Wildman–Crippen MR) is 61.3 cm³/mol. The van der Waals surface area contributed by atoms with Crippen LogP contribution in [0.1, 0.15) is 51.9 Å². The minimum Gasteiger partial charge on any atom is -0.0883 e. The Morgan fingerprint density at radius 3 is 2.38 bits per heavy atom. The zero-order chi connectivity index (χ0) is 9.94. The highest BCUT2D eigenvalue weighted by molar-refractivity contribution is 4.87. The average molecular weight is 180 g/mol. The summed E-state index contributed by atoms with van der Waals surface area (Å²) in [5.41, 5.74) is 0. The SMILES string of the molecule is [CH2]CCC/C=C/C(CC)CCC[CH2]. The summed E-state index contributed by atoms with van der Waals surface area (Å²) >= 11 is 0. The Labute approximate surface area is 84.4 Å². The van der Waals surface area contributed by atoms with Crippen LogP contribution in [0.25, 0.3) is 0 Å². The quantitative estimate of drug-likeness (QED) is 0.379. The molecule has 0 rings (SSSR count). The Balaban J connectivity index is 3.50. The molecular weight excluding hydrogens is 156 g/mol. The first kappa shape index (κ1) is 12.7. The molecule has 0 aromatic carbocycles. The van der Waals surface area contributed by atoms with Crippen molar-refractivity contribution in [1.82, 2.24) is 0 Å². The van der Waals surface area contributed by atoms with Crippen molar-refractivity contribution in [2.75, 3.05) is 0 Å². The topological polar surface area (TPSA) is 0 Å². The van der Waals surface area contributed by atoms with Crippen LogP contribution in [-0.2, 0) is 0 Å². The molecule has 76 valence electrons. The maximum absolute atomic E-state index is 3.87. The van der Waals surface area contributed by atoms with E-state index in [9.17, 15) is 0 Å². The minimum absolute atomic E-state index is 0.784. The normalized spacial score (nSPS) is 13.8. The van der Waals surface area contributed by atoms with Gasteiger partial charge in [0.15, 0.2) is 0 Å². The van der Waals surface area contributed by atoms with Gasteiger partial charge in [-0.15, -0.1) is 0 Å². The third-order valence-electron chi connectivity index (χ3n) is 2.38. The van der Waals surface area contributed by atoms with Gasteiger partial charge in [-0.25, -0.2) is 0 Å². The number of rotatable bonds is 8. The van der Waals surface area contributed by atoms with Gasteiger partial charge in [-0.1, -0.05) is 52.2 Å². The standard InChI is InChI=1S/C13H24/c1-4-7-9-10-12-13(6-3)11-8-5-2/h10,12-13H,1-2,4-9,11H2,3H3/b12-10+. The van der Waals surface area contributed by atoms with Crippen molar-refractivity contribution in [2.45, 2.75) is 51.9 Å². The van der Waals surface area contributed by atoms with Crippen LogP contribution in [-0.4, -0.2) is 0 Å². The van der Waals surface area contributed by atoms with Gasteiger partial charge >= 0.3 is 0 Å². The average Bonchev–Trinajstić information content (AvgIpc) is 2.17. The van der Waals surface area contributed by atoms with E-state index in [2.05, 4.69) is 32.9 Å². The lowest BCUT2D eigenvalue weighted by Gasteiger charge is -2.08. The molecule has 0 aliphatic heterocycles. The molecule has 0 spiro atoms. The summed E-state index contributed by atoms with van der Waals surface area (Å²) in [5, 5.41) is 0. The third-order valence-corrected chi connectivity index (χ3v) is 2.38. The Hall–Kier alpha value is -0.260. The third kappa shape index (κ3) is 8.08. The molecule has 0 aliphatic carbocycles. The van der Waals surface area contributed by atoms with E-state index in [-0.39, 0.29) is 0 Å². The molecule has 2 radical (unpaired) electrons. The Morgan fingerprint density at radius 1 is 1.15 bits per heavy atom. The molecule has 0 saturated heterocycles. The second kappa shape index (κ2) is 9.83. The zero-order valence-corrected chi connectivity index (χ0v) is 9.10. The Bertz CT molecular complexity index is 113. The van der Waals surface area contributed by atoms with Crippen LogP contribution in [0.15, 0.2) is 12.2 Å². The van der Waals surface area contributed by atoms with Crippen LogP contribution < -0.4 is 0 Å². The first-order chi connectivity index (χ1) is 6.35. The van der Waals surface area contributed by atoms with E-state index < -0.39 is 0 Å². The molecule has 0 aliphatic rings. The van der Waals surface area contributed by atoms with Crippen molar-refractivity contribution in [3.05, 3.63) is 26.0 Å². The van der Waals surface area contributed by atoms with Crippen molar-refractivity contribution in [3.63, 3.8) is 0 Å². The smallest absolute Gasteiger partial charge is 0.0236 e. The van der Waals surface area contributed by atoms with E-state index in [1.54, 1.807) is 0 Å². The van der Waals surface area contributed by atoms with Crippen molar-refractivity contribution >= 4 is 0 Å². The number of allylic oxidation sites excluding steroid dienone is 2. The molecule has 0 fully saturated rings. The van der Waals surface area contributed by atoms with Crippen LogP contribution in [0.5, 0.6) is 0 Å².